The molecule has 0 spiro atoms. The van der Waals surface area contributed by atoms with Crippen LogP contribution < -0.4 is 11.1 Å². The van der Waals surface area contributed by atoms with Crippen molar-refractivity contribution < 1.29 is 9.59 Å². The van der Waals surface area contributed by atoms with Gasteiger partial charge in [-0.15, -0.1) is 11.3 Å². The van der Waals surface area contributed by atoms with Gasteiger partial charge in [0.1, 0.15) is 5.00 Å². The average Bonchev–Trinajstić information content (AvgIpc) is 2.69. The van der Waals surface area contributed by atoms with E-state index in [0.717, 1.165) is 37.7 Å². The van der Waals surface area contributed by atoms with Crippen molar-refractivity contribution in [3.63, 3.8) is 0 Å². The molecule has 0 unspecified atom stereocenters. The number of hydrogen-bond acceptors (Lipinski definition) is 3. The number of hydrogen-bond donors (Lipinski definition) is 2. The fourth-order valence-corrected chi connectivity index (χ4v) is 4.28. The zero-order valence-electron chi connectivity index (χ0n) is 12.5. The smallest absolute Gasteiger partial charge is 0.256 e. The van der Waals surface area contributed by atoms with Gasteiger partial charge in [-0.2, -0.15) is 0 Å². The Bertz CT molecular complexity index is 753. The molecule has 3 rings (SSSR count). The summed E-state index contributed by atoms with van der Waals surface area (Å²) in [5, 5.41) is 3.97. The Morgan fingerprint density at radius 2 is 1.78 bits per heavy atom. The largest absolute Gasteiger partial charge is 0.365 e. The van der Waals surface area contributed by atoms with Crippen molar-refractivity contribution in [2.75, 3.05) is 5.32 Å². The van der Waals surface area contributed by atoms with E-state index in [1.807, 2.05) is 0 Å². The van der Waals surface area contributed by atoms with Gasteiger partial charge in [-0.1, -0.05) is 18.0 Å². The number of aryl methyl sites for hydroxylation is 1. The summed E-state index contributed by atoms with van der Waals surface area (Å²) in [6.07, 6.45) is 5.11. The molecule has 2 aromatic rings. The molecule has 1 aliphatic rings. The molecule has 3 N–H and O–H groups in total. The Labute approximate surface area is 143 Å². The van der Waals surface area contributed by atoms with Crippen LogP contribution in [0.4, 0.5) is 5.00 Å². The number of nitrogens with two attached hydrogens (primary N) is 1. The van der Waals surface area contributed by atoms with Gasteiger partial charge in [0.05, 0.1) is 5.56 Å². The number of primary amides is 1. The fourth-order valence-electron chi connectivity index (χ4n) is 2.87. The van der Waals surface area contributed by atoms with Gasteiger partial charge in [0.15, 0.2) is 0 Å². The van der Waals surface area contributed by atoms with Crippen molar-refractivity contribution in [1.29, 1.82) is 0 Å². The summed E-state index contributed by atoms with van der Waals surface area (Å²) in [5.74, 6) is -0.739. The number of carbonyl (C=O) groups is 2. The average molecular weight is 349 g/mol. The molecule has 0 saturated carbocycles. The number of thiophene rings is 1. The summed E-state index contributed by atoms with van der Waals surface area (Å²) >= 11 is 7.31. The van der Waals surface area contributed by atoms with Crippen LogP contribution in [0.1, 0.15) is 50.4 Å². The second-order valence-corrected chi connectivity index (χ2v) is 7.14. The lowest BCUT2D eigenvalue weighted by Gasteiger charge is -2.06. The number of nitrogens with one attached hydrogen (secondary N) is 1. The minimum Gasteiger partial charge on any atom is -0.365 e. The number of benzene rings is 1. The third-order valence-electron chi connectivity index (χ3n) is 4.00. The van der Waals surface area contributed by atoms with Crippen LogP contribution in [0.5, 0.6) is 0 Å². The maximum Gasteiger partial charge on any atom is 0.256 e. The number of rotatable bonds is 3. The minimum absolute atomic E-state index is 0.263. The Morgan fingerprint density at radius 3 is 2.48 bits per heavy atom. The fraction of sp³-hybridized carbons (Fsp3) is 0.294. The minimum atomic E-state index is -0.476. The maximum atomic E-state index is 12.4. The number of halogens is 1. The first kappa shape index (κ1) is 16.0. The Hall–Kier alpha value is -1.85. The van der Waals surface area contributed by atoms with Gasteiger partial charge in [0.2, 0.25) is 0 Å². The predicted octanol–water partition coefficient (Wildman–Crippen LogP) is 4.02. The molecule has 0 bridgehead atoms. The van der Waals surface area contributed by atoms with Gasteiger partial charge in [-0.05, 0) is 55.5 Å². The molecule has 0 aliphatic heterocycles. The summed E-state index contributed by atoms with van der Waals surface area (Å²) in [6, 6.07) is 6.63. The van der Waals surface area contributed by atoms with Gasteiger partial charge < -0.3 is 11.1 Å². The monoisotopic (exact) mass is 348 g/mol. The molecule has 2 amide bonds. The molecule has 1 aliphatic carbocycles. The molecule has 6 heteroatoms. The summed E-state index contributed by atoms with van der Waals surface area (Å²) in [5.41, 5.74) is 7.56. The van der Waals surface area contributed by atoms with Crippen LogP contribution in [-0.4, -0.2) is 11.8 Å². The molecule has 0 fully saturated rings. The molecule has 0 radical (unpaired) electrons. The second kappa shape index (κ2) is 6.72. The number of amides is 2. The van der Waals surface area contributed by atoms with E-state index in [1.54, 1.807) is 24.3 Å². The van der Waals surface area contributed by atoms with Crippen molar-refractivity contribution >= 4 is 39.8 Å². The third kappa shape index (κ3) is 3.41. The first-order valence-electron chi connectivity index (χ1n) is 7.57. The molecular weight excluding hydrogens is 332 g/mol. The Kier molecular flexibility index (Phi) is 4.68. The molecular formula is C17H17ClN2O2S. The van der Waals surface area contributed by atoms with Crippen molar-refractivity contribution in [1.82, 2.24) is 0 Å². The molecule has 4 nitrogen and oxygen atoms in total. The second-order valence-electron chi connectivity index (χ2n) is 5.59. The van der Waals surface area contributed by atoms with E-state index in [0.29, 0.717) is 21.2 Å². The first-order chi connectivity index (χ1) is 11.1. The van der Waals surface area contributed by atoms with Gasteiger partial charge in [-0.3, -0.25) is 9.59 Å². The molecule has 1 aromatic heterocycles. The van der Waals surface area contributed by atoms with Gasteiger partial charge in [-0.25, -0.2) is 0 Å². The quantitative estimate of drug-likeness (QED) is 0.822. The first-order valence-corrected chi connectivity index (χ1v) is 8.77. The number of carbonyl (C=O) groups excluding carboxylic acids is 2. The van der Waals surface area contributed by atoms with Crippen molar-refractivity contribution in [3.05, 3.63) is 50.9 Å². The highest BCUT2D eigenvalue weighted by atomic mass is 35.5. The highest BCUT2D eigenvalue weighted by molar-refractivity contribution is 7.17. The third-order valence-corrected chi connectivity index (χ3v) is 5.46. The molecule has 23 heavy (non-hydrogen) atoms. The molecule has 0 saturated heterocycles. The van der Waals surface area contributed by atoms with Crippen LogP contribution >= 0.6 is 22.9 Å². The summed E-state index contributed by atoms with van der Waals surface area (Å²) in [4.78, 5) is 25.4. The van der Waals surface area contributed by atoms with Crippen LogP contribution in [0.3, 0.4) is 0 Å². The highest BCUT2D eigenvalue weighted by Gasteiger charge is 2.24. The molecule has 0 atom stereocenters. The lowest BCUT2D eigenvalue weighted by Crippen LogP contribution is -2.18. The van der Waals surface area contributed by atoms with Crippen LogP contribution in [0.25, 0.3) is 0 Å². The van der Waals surface area contributed by atoms with Crippen molar-refractivity contribution in [3.8, 4) is 0 Å². The van der Waals surface area contributed by atoms with Crippen molar-refractivity contribution in [2.45, 2.75) is 32.1 Å². The topological polar surface area (TPSA) is 72.2 Å². The Balaban J connectivity index is 1.92. The standard InChI is InChI=1S/C17H17ClN2O2S/c18-11-8-6-10(7-9-11)16(22)20-17-14(15(19)21)12-4-2-1-3-5-13(12)23-17/h6-9H,1-5H2,(H2,19,21)(H,20,22). The maximum absolute atomic E-state index is 12.4. The molecule has 1 aromatic carbocycles. The lowest BCUT2D eigenvalue weighted by atomic mass is 10.1. The molecule has 1 heterocycles. The predicted molar refractivity (Wildman–Crippen MR) is 93.5 cm³/mol. The van der Waals surface area contributed by atoms with E-state index in [9.17, 15) is 9.59 Å². The van der Waals surface area contributed by atoms with Gasteiger partial charge >= 0.3 is 0 Å². The normalized spacial score (nSPS) is 14.0. The van der Waals surface area contributed by atoms with E-state index < -0.39 is 5.91 Å². The van der Waals surface area contributed by atoms with Crippen LogP contribution in [-0.2, 0) is 12.8 Å². The summed E-state index contributed by atoms with van der Waals surface area (Å²) in [6.45, 7) is 0. The Morgan fingerprint density at radius 1 is 1.09 bits per heavy atom. The highest BCUT2D eigenvalue weighted by Crippen LogP contribution is 2.37. The molecule has 120 valence electrons. The lowest BCUT2D eigenvalue weighted by molar-refractivity contribution is 0.100. The van der Waals surface area contributed by atoms with Gasteiger partial charge in [0, 0.05) is 15.5 Å². The number of anilines is 1. The van der Waals surface area contributed by atoms with Crippen LogP contribution in [0.15, 0.2) is 24.3 Å². The summed E-state index contributed by atoms with van der Waals surface area (Å²) in [7, 11) is 0. The van der Waals surface area contributed by atoms with Crippen molar-refractivity contribution in [2.24, 2.45) is 5.73 Å². The van der Waals surface area contributed by atoms with E-state index >= 15 is 0 Å². The van der Waals surface area contributed by atoms with E-state index in [2.05, 4.69) is 5.32 Å². The van der Waals surface area contributed by atoms with Gasteiger partial charge in [0.25, 0.3) is 11.8 Å². The summed E-state index contributed by atoms with van der Waals surface area (Å²) < 4.78 is 0. The van der Waals surface area contributed by atoms with Crippen LogP contribution in [0, 0.1) is 0 Å². The van der Waals surface area contributed by atoms with E-state index in [1.165, 1.54) is 16.2 Å². The SMILES string of the molecule is NC(=O)c1c(NC(=O)c2ccc(Cl)cc2)sc2c1CCCCC2. The number of fused-ring (bicyclic) bond motifs is 1. The van der Waals surface area contributed by atoms with E-state index in [4.69, 9.17) is 17.3 Å². The van der Waals surface area contributed by atoms with E-state index in [-0.39, 0.29) is 5.91 Å². The van der Waals surface area contributed by atoms with Crippen LogP contribution in [0.2, 0.25) is 5.02 Å². The zero-order chi connectivity index (χ0) is 16.4. The zero-order valence-corrected chi connectivity index (χ0v) is 14.1.